The van der Waals surface area contributed by atoms with Gasteiger partial charge in [0.2, 0.25) is 5.70 Å². The number of nitrogens with zero attached hydrogens (tertiary/aromatic N) is 1. The molecule has 0 aliphatic rings. The second-order valence-electron chi connectivity index (χ2n) is 5.13. The molecule has 0 amide bonds. The van der Waals surface area contributed by atoms with Crippen molar-refractivity contribution >= 4 is 6.08 Å². The molecule has 1 aromatic carbocycles. The zero-order chi connectivity index (χ0) is 15.8. The number of hydrogen-bond acceptors (Lipinski definition) is 3. The van der Waals surface area contributed by atoms with Crippen LogP contribution in [0.15, 0.2) is 35.5 Å². The molecule has 0 radical (unpaired) electrons. The molecule has 1 rings (SSSR count). The molecular formula is C17H23NO3. The molecule has 0 atom stereocenters. The van der Waals surface area contributed by atoms with Gasteiger partial charge in [-0.3, -0.25) is 10.1 Å². The fourth-order valence-corrected chi connectivity index (χ4v) is 2.05. The predicted octanol–water partition coefficient (Wildman–Crippen LogP) is 4.62. The molecule has 0 heterocycles. The van der Waals surface area contributed by atoms with Crippen LogP contribution in [0.25, 0.3) is 6.08 Å². The fourth-order valence-electron chi connectivity index (χ4n) is 2.05. The number of benzene rings is 1. The summed E-state index contributed by atoms with van der Waals surface area (Å²) in [6.45, 7) is 5.92. The summed E-state index contributed by atoms with van der Waals surface area (Å²) in [6, 6.07) is 5.68. The summed E-state index contributed by atoms with van der Waals surface area (Å²) in [5.74, 6) is 0.776. The highest BCUT2D eigenvalue weighted by atomic mass is 16.6. The van der Waals surface area contributed by atoms with Crippen LogP contribution in [0.4, 0.5) is 0 Å². The molecule has 0 unspecified atom stereocenters. The SMILES string of the molecule is CC/C(=C\c1ccc(OC)cc1CCC=C(C)C)[N+](=O)[O-]. The largest absolute Gasteiger partial charge is 0.497 e. The molecule has 0 N–H and O–H groups in total. The molecule has 1 aromatic rings. The standard InChI is InChI=1S/C17H23NO3/c1-5-16(18(19)20)11-15-9-10-17(21-4)12-14(15)8-6-7-13(2)3/h7,9-12H,5-6,8H2,1-4H3/b16-11+. The van der Waals surface area contributed by atoms with Gasteiger partial charge in [0.25, 0.3) is 0 Å². The van der Waals surface area contributed by atoms with Gasteiger partial charge in [0.1, 0.15) is 5.75 Å². The van der Waals surface area contributed by atoms with Crippen molar-refractivity contribution < 1.29 is 9.66 Å². The van der Waals surface area contributed by atoms with Crippen molar-refractivity contribution in [1.29, 1.82) is 0 Å². The average Bonchev–Trinajstić information content (AvgIpc) is 2.44. The lowest BCUT2D eigenvalue weighted by molar-refractivity contribution is -0.425. The molecule has 0 aliphatic heterocycles. The molecule has 0 fully saturated rings. The highest BCUT2D eigenvalue weighted by Crippen LogP contribution is 2.22. The van der Waals surface area contributed by atoms with E-state index >= 15 is 0 Å². The Morgan fingerprint density at radius 2 is 2.10 bits per heavy atom. The Bertz CT molecular complexity index is 555. The summed E-state index contributed by atoms with van der Waals surface area (Å²) in [7, 11) is 1.62. The Kier molecular flexibility index (Phi) is 6.66. The van der Waals surface area contributed by atoms with Gasteiger partial charge in [-0.15, -0.1) is 0 Å². The summed E-state index contributed by atoms with van der Waals surface area (Å²) >= 11 is 0. The van der Waals surface area contributed by atoms with Crippen LogP contribution in [0.5, 0.6) is 5.75 Å². The number of ether oxygens (including phenoxy) is 1. The van der Waals surface area contributed by atoms with E-state index < -0.39 is 0 Å². The average molecular weight is 289 g/mol. The monoisotopic (exact) mass is 289 g/mol. The van der Waals surface area contributed by atoms with Crippen molar-refractivity contribution in [2.45, 2.75) is 40.0 Å². The summed E-state index contributed by atoms with van der Waals surface area (Å²) in [5.41, 5.74) is 3.46. The molecule has 0 aliphatic carbocycles. The Morgan fingerprint density at radius 1 is 1.38 bits per heavy atom. The lowest BCUT2D eigenvalue weighted by atomic mass is 10.0. The summed E-state index contributed by atoms with van der Waals surface area (Å²) < 4.78 is 5.25. The van der Waals surface area contributed by atoms with E-state index in [-0.39, 0.29) is 10.6 Å². The van der Waals surface area contributed by atoms with Gasteiger partial charge in [-0.25, -0.2) is 0 Å². The lowest BCUT2D eigenvalue weighted by Crippen LogP contribution is -1.98. The van der Waals surface area contributed by atoms with E-state index in [2.05, 4.69) is 19.9 Å². The number of nitro groups is 1. The lowest BCUT2D eigenvalue weighted by Gasteiger charge is -2.08. The quantitative estimate of drug-likeness (QED) is 0.418. The molecule has 21 heavy (non-hydrogen) atoms. The molecule has 0 saturated carbocycles. The van der Waals surface area contributed by atoms with E-state index in [1.807, 2.05) is 18.2 Å². The second-order valence-corrected chi connectivity index (χ2v) is 5.13. The van der Waals surface area contributed by atoms with Gasteiger partial charge in [0.15, 0.2) is 0 Å². The number of methoxy groups -OCH3 is 1. The smallest absolute Gasteiger partial charge is 0.246 e. The minimum absolute atomic E-state index is 0.226. The molecule has 0 aromatic heterocycles. The van der Waals surface area contributed by atoms with E-state index in [1.165, 1.54) is 5.57 Å². The number of aryl methyl sites for hydroxylation is 1. The minimum atomic E-state index is -0.315. The van der Waals surface area contributed by atoms with Crippen LogP contribution in [-0.4, -0.2) is 12.0 Å². The van der Waals surface area contributed by atoms with Gasteiger partial charge in [0, 0.05) is 12.5 Å². The molecule has 0 bridgehead atoms. The second kappa shape index (κ2) is 8.25. The van der Waals surface area contributed by atoms with E-state index in [1.54, 1.807) is 20.1 Å². The van der Waals surface area contributed by atoms with Crippen LogP contribution >= 0.6 is 0 Å². The maximum absolute atomic E-state index is 11.0. The normalized spacial score (nSPS) is 11.1. The Hall–Kier alpha value is -2.10. The molecule has 0 saturated heterocycles. The van der Waals surface area contributed by atoms with Crippen LogP contribution in [-0.2, 0) is 6.42 Å². The van der Waals surface area contributed by atoms with Crippen molar-refractivity contribution in [3.05, 3.63) is 56.8 Å². The summed E-state index contributed by atoms with van der Waals surface area (Å²) in [5, 5.41) is 11.0. The first-order valence-corrected chi connectivity index (χ1v) is 7.13. The number of rotatable bonds is 7. The minimum Gasteiger partial charge on any atom is -0.497 e. The maximum atomic E-state index is 11.0. The summed E-state index contributed by atoms with van der Waals surface area (Å²) in [4.78, 5) is 10.7. The van der Waals surface area contributed by atoms with E-state index in [9.17, 15) is 10.1 Å². The highest BCUT2D eigenvalue weighted by Gasteiger charge is 2.10. The van der Waals surface area contributed by atoms with Gasteiger partial charge in [-0.1, -0.05) is 24.6 Å². The zero-order valence-corrected chi connectivity index (χ0v) is 13.2. The van der Waals surface area contributed by atoms with Gasteiger partial charge < -0.3 is 4.74 Å². The highest BCUT2D eigenvalue weighted by molar-refractivity contribution is 5.57. The van der Waals surface area contributed by atoms with Gasteiger partial charge >= 0.3 is 0 Å². The van der Waals surface area contributed by atoms with Crippen molar-refractivity contribution in [2.75, 3.05) is 7.11 Å². The van der Waals surface area contributed by atoms with E-state index in [4.69, 9.17) is 4.74 Å². The third-order valence-electron chi connectivity index (χ3n) is 3.24. The van der Waals surface area contributed by atoms with Crippen LogP contribution < -0.4 is 4.74 Å². The third-order valence-corrected chi connectivity index (χ3v) is 3.24. The first-order valence-electron chi connectivity index (χ1n) is 7.13. The molecular weight excluding hydrogens is 266 g/mol. The molecule has 0 spiro atoms. The predicted molar refractivity (Wildman–Crippen MR) is 86.0 cm³/mol. The Labute approximate surface area is 126 Å². The number of allylic oxidation sites excluding steroid dienone is 3. The molecule has 4 nitrogen and oxygen atoms in total. The Balaban J connectivity index is 3.12. The first kappa shape index (κ1) is 17.0. The fraction of sp³-hybridized carbons (Fsp3) is 0.412. The zero-order valence-electron chi connectivity index (χ0n) is 13.2. The molecule has 114 valence electrons. The maximum Gasteiger partial charge on any atom is 0.246 e. The van der Waals surface area contributed by atoms with Crippen LogP contribution in [0, 0.1) is 10.1 Å². The van der Waals surface area contributed by atoms with Crippen molar-refractivity contribution in [3.8, 4) is 5.75 Å². The third kappa shape index (κ3) is 5.42. The van der Waals surface area contributed by atoms with Crippen LogP contribution in [0.1, 0.15) is 44.7 Å². The van der Waals surface area contributed by atoms with Crippen molar-refractivity contribution in [3.63, 3.8) is 0 Å². The topological polar surface area (TPSA) is 52.4 Å². The van der Waals surface area contributed by atoms with Gasteiger partial charge in [-0.2, -0.15) is 0 Å². The molecule has 4 heteroatoms. The summed E-state index contributed by atoms with van der Waals surface area (Å²) in [6.07, 6.45) is 5.99. The van der Waals surface area contributed by atoms with Crippen molar-refractivity contribution in [2.24, 2.45) is 0 Å². The Morgan fingerprint density at radius 3 is 2.62 bits per heavy atom. The van der Waals surface area contributed by atoms with Gasteiger partial charge in [-0.05, 0) is 49.9 Å². The first-order chi connectivity index (χ1) is 9.97. The number of hydrogen-bond donors (Lipinski definition) is 0. The van der Waals surface area contributed by atoms with E-state index in [0.717, 1.165) is 29.7 Å². The van der Waals surface area contributed by atoms with E-state index in [0.29, 0.717) is 6.42 Å². The van der Waals surface area contributed by atoms with Crippen LogP contribution in [0.2, 0.25) is 0 Å². The van der Waals surface area contributed by atoms with Gasteiger partial charge in [0.05, 0.1) is 12.0 Å². The van der Waals surface area contributed by atoms with Crippen LogP contribution in [0.3, 0.4) is 0 Å². The van der Waals surface area contributed by atoms with Crippen molar-refractivity contribution in [1.82, 2.24) is 0 Å².